The smallest absolute Gasteiger partial charge is 0.418 e. The van der Waals surface area contributed by atoms with Gasteiger partial charge in [0.1, 0.15) is 5.60 Å². The minimum Gasteiger partial charge on any atom is -0.465 e. The Morgan fingerprint density at radius 1 is 1.22 bits per heavy atom. The third-order valence-corrected chi connectivity index (χ3v) is 1.96. The predicted octanol–water partition coefficient (Wildman–Crippen LogP) is 2.36. The molecule has 0 aliphatic carbocycles. The molecule has 0 radical (unpaired) electrons. The monoisotopic (exact) mass is 251 g/mol. The molecule has 0 N–H and O–H groups in total. The second kappa shape index (κ2) is 5.53. The van der Waals surface area contributed by atoms with Crippen LogP contribution in [0, 0.1) is 0 Å². The number of hydrogen-bond acceptors (Lipinski definition) is 4. The molecular weight excluding hydrogens is 234 g/mol. The standard InChI is InChI=1S/C13H17NO4/c1-13(2,3)18-12(16)14-8-5-6-10(7-9-14)11(15)17-4/h5-9H,1-4H3. The Morgan fingerprint density at radius 2 is 1.89 bits per heavy atom. The van der Waals surface area contributed by atoms with Gasteiger partial charge in [-0.1, -0.05) is 0 Å². The first-order valence-electron chi connectivity index (χ1n) is 5.50. The molecule has 1 aliphatic rings. The van der Waals surface area contributed by atoms with Gasteiger partial charge in [0.05, 0.1) is 12.7 Å². The van der Waals surface area contributed by atoms with Crippen molar-refractivity contribution in [1.82, 2.24) is 4.90 Å². The molecule has 0 aromatic rings. The first-order chi connectivity index (χ1) is 8.33. The van der Waals surface area contributed by atoms with Crippen LogP contribution in [0.5, 0.6) is 0 Å². The van der Waals surface area contributed by atoms with Crippen molar-refractivity contribution in [3.05, 3.63) is 36.2 Å². The van der Waals surface area contributed by atoms with E-state index in [9.17, 15) is 9.59 Å². The third-order valence-electron chi connectivity index (χ3n) is 1.96. The van der Waals surface area contributed by atoms with Crippen molar-refractivity contribution >= 4 is 12.1 Å². The molecule has 0 saturated carbocycles. The Labute approximate surface area is 106 Å². The number of carbonyl (C=O) groups is 2. The molecule has 5 nitrogen and oxygen atoms in total. The highest BCUT2D eigenvalue weighted by Gasteiger charge is 2.20. The summed E-state index contributed by atoms with van der Waals surface area (Å²) >= 11 is 0. The predicted molar refractivity (Wildman–Crippen MR) is 66.5 cm³/mol. The van der Waals surface area contributed by atoms with Crippen LogP contribution in [0.25, 0.3) is 0 Å². The fraction of sp³-hybridized carbons (Fsp3) is 0.385. The third kappa shape index (κ3) is 4.08. The van der Waals surface area contributed by atoms with Crippen LogP contribution in [0.3, 0.4) is 0 Å². The summed E-state index contributed by atoms with van der Waals surface area (Å²) in [5, 5.41) is 0. The molecule has 18 heavy (non-hydrogen) atoms. The van der Waals surface area contributed by atoms with E-state index in [0.717, 1.165) is 0 Å². The molecule has 1 rings (SSSR count). The molecule has 1 heterocycles. The lowest BCUT2D eigenvalue weighted by Gasteiger charge is -2.22. The van der Waals surface area contributed by atoms with E-state index < -0.39 is 17.7 Å². The van der Waals surface area contributed by atoms with Crippen LogP contribution in [0.2, 0.25) is 0 Å². The minimum absolute atomic E-state index is 0.361. The molecule has 0 aromatic carbocycles. The molecular formula is C13H17NO4. The lowest BCUT2D eigenvalue weighted by Crippen LogP contribution is -2.30. The first kappa shape index (κ1) is 14.0. The molecule has 0 unspecified atom stereocenters. The SMILES string of the molecule is COC(=O)C1=CC=CN(C(=O)OC(C)(C)C)C=C1. The van der Waals surface area contributed by atoms with Crippen molar-refractivity contribution < 1.29 is 19.1 Å². The van der Waals surface area contributed by atoms with Gasteiger partial charge in [0, 0.05) is 12.4 Å². The van der Waals surface area contributed by atoms with Gasteiger partial charge < -0.3 is 9.47 Å². The number of rotatable bonds is 1. The number of carbonyl (C=O) groups excluding carboxylic acids is 2. The van der Waals surface area contributed by atoms with Crippen molar-refractivity contribution in [2.75, 3.05) is 7.11 Å². The van der Waals surface area contributed by atoms with E-state index in [-0.39, 0.29) is 0 Å². The minimum atomic E-state index is -0.566. The Bertz CT molecular complexity index is 427. The van der Waals surface area contributed by atoms with Gasteiger partial charge in [-0.2, -0.15) is 0 Å². The Kier molecular flexibility index (Phi) is 4.31. The average molecular weight is 251 g/mol. The highest BCUT2D eigenvalue weighted by molar-refractivity contribution is 5.92. The number of amides is 1. The fourth-order valence-electron chi connectivity index (χ4n) is 1.20. The van der Waals surface area contributed by atoms with Crippen molar-refractivity contribution in [2.45, 2.75) is 26.4 Å². The van der Waals surface area contributed by atoms with E-state index in [0.29, 0.717) is 5.57 Å². The molecule has 0 saturated heterocycles. The Balaban J connectivity index is 2.75. The van der Waals surface area contributed by atoms with Gasteiger partial charge in [0.2, 0.25) is 0 Å². The lowest BCUT2D eigenvalue weighted by molar-refractivity contribution is -0.135. The average Bonchev–Trinajstić information content (AvgIpc) is 2.51. The van der Waals surface area contributed by atoms with E-state index in [2.05, 4.69) is 4.74 Å². The molecule has 5 heteroatoms. The molecule has 0 atom stereocenters. The molecule has 1 amide bonds. The highest BCUT2D eigenvalue weighted by Crippen LogP contribution is 2.13. The fourth-order valence-corrected chi connectivity index (χ4v) is 1.20. The number of methoxy groups -OCH3 is 1. The van der Waals surface area contributed by atoms with Crippen LogP contribution in [0.15, 0.2) is 36.2 Å². The van der Waals surface area contributed by atoms with Gasteiger partial charge in [-0.05, 0) is 39.0 Å². The summed E-state index contributed by atoms with van der Waals surface area (Å²) < 4.78 is 9.79. The van der Waals surface area contributed by atoms with Crippen LogP contribution in [0.1, 0.15) is 20.8 Å². The zero-order valence-electron chi connectivity index (χ0n) is 11.0. The van der Waals surface area contributed by atoms with Crippen LogP contribution in [-0.4, -0.2) is 29.7 Å². The van der Waals surface area contributed by atoms with Gasteiger partial charge in [0.25, 0.3) is 0 Å². The maximum Gasteiger partial charge on any atom is 0.418 e. The Morgan fingerprint density at radius 3 is 2.44 bits per heavy atom. The van der Waals surface area contributed by atoms with Crippen LogP contribution in [0.4, 0.5) is 4.79 Å². The summed E-state index contributed by atoms with van der Waals surface area (Å²) in [5.74, 6) is -0.457. The quantitative estimate of drug-likeness (QED) is 0.671. The topological polar surface area (TPSA) is 55.8 Å². The van der Waals surface area contributed by atoms with Gasteiger partial charge >= 0.3 is 12.1 Å². The normalized spacial score (nSPS) is 14.9. The second-order valence-corrected chi connectivity index (χ2v) is 4.66. The number of hydrogen-bond donors (Lipinski definition) is 0. The van der Waals surface area contributed by atoms with Crippen molar-refractivity contribution in [3.8, 4) is 0 Å². The van der Waals surface area contributed by atoms with E-state index in [1.807, 2.05) is 0 Å². The molecule has 0 fully saturated rings. The van der Waals surface area contributed by atoms with Crippen molar-refractivity contribution in [2.24, 2.45) is 0 Å². The van der Waals surface area contributed by atoms with E-state index >= 15 is 0 Å². The Hall–Kier alpha value is -2.04. The highest BCUT2D eigenvalue weighted by atomic mass is 16.6. The van der Waals surface area contributed by atoms with E-state index in [1.165, 1.54) is 30.5 Å². The number of allylic oxidation sites excluding steroid dienone is 2. The van der Waals surface area contributed by atoms with Gasteiger partial charge in [-0.15, -0.1) is 0 Å². The van der Waals surface area contributed by atoms with Gasteiger partial charge in [-0.3, -0.25) is 4.90 Å². The summed E-state index contributed by atoms with van der Waals surface area (Å²) in [4.78, 5) is 24.4. The zero-order valence-corrected chi connectivity index (χ0v) is 11.0. The zero-order chi connectivity index (χ0) is 13.8. The van der Waals surface area contributed by atoms with Crippen molar-refractivity contribution in [3.63, 3.8) is 0 Å². The molecule has 1 aliphatic heterocycles. The summed E-state index contributed by atoms with van der Waals surface area (Å²) in [7, 11) is 1.30. The maximum atomic E-state index is 11.8. The number of ether oxygens (including phenoxy) is 2. The van der Waals surface area contributed by atoms with Crippen LogP contribution in [-0.2, 0) is 14.3 Å². The van der Waals surface area contributed by atoms with Gasteiger partial charge in [-0.25, -0.2) is 9.59 Å². The molecule has 0 aromatic heterocycles. The summed E-state index contributed by atoms with van der Waals surface area (Å²) in [6.07, 6.45) is 7.11. The number of esters is 1. The lowest BCUT2D eigenvalue weighted by atomic mass is 10.2. The molecule has 0 spiro atoms. The van der Waals surface area contributed by atoms with Crippen LogP contribution < -0.4 is 0 Å². The first-order valence-corrected chi connectivity index (χ1v) is 5.50. The molecule has 0 bridgehead atoms. The summed E-state index contributed by atoms with van der Waals surface area (Å²) in [5.41, 5.74) is -0.205. The summed E-state index contributed by atoms with van der Waals surface area (Å²) in [6.45, 7) is 5.36. The van der Waals surface area contributed by atoms with Gasteiger partial charge in [0.15, 0.2) is 0 Å². The summed E-state index contributed by atoms with van der Waals surface area (Å²) in [6, 6.07) is 0. The van der Waals surface area contributed by atoms with Crippen LogP contribution >= 0.6 is 0 Å². The van der Waals surface area contributed by atoms with E-state index in [1.54, 1.807) is 32.9 Å². The number of nitrogens with zero attached hydrogens (tertiary/aromatic N) is 1. The maximum absolute atomic E-state index is 11.8. The van der Waals surface area contributed by atoms with E-state index in [4.69, 9.17) is 4.74 Å². The van der Waals surface area contributed by atoms with Crippen molar-refractivity contribution in [1.29, 1.82) is 0 Å². The largest absolute Gasteiger partial charge is 0.465 e. The molecule has 98 valence electrons. The second-order valence-electron chi connectivity index (χ2n) is 4.66.